The smallest absolute Gasteiger partial charge is 0.137 e. The topological polar surface area (TPSA) is 54.0 Å². The Labute approximate surface area is 170 Å². The number of aromatic nitrogens is 3. The van der Waals surface area contributed by atoms with E-state index in [0.717, 1.165) is 48.7 Å². The van der Waals surface area contributed by atoms with Gasteiger partial charge in [0.15, 0.2) is 0 Å². The van der Waals surface area contributed by atoms with Crippen LogP contribution in [0.1, 0.15) is 47.7 Å². The fourth-order valence-electron chi connectivity index (χ4n) is 4.72. The molecule has 0 spiro atoms. The summed E-state index contributed by atoms with van der Waals surface area (Å²) in [5, 5.41) is 2.30. The number of nitrogens with zero attached hydrogens (tertiary/aromatic N) is 3. The molecule has 1 saturated heterocycles. The minimum absolute atomic E-state index is 0.622. The average Bonchev–Trinajstić information content (AvgIpc) is 3.31. The number of H-pyrrole nitrogens is 1. The second-order valence-corrected chi connectivity index (χ2v) is 9.38. The molecule has 0 unspecified atom stereocenters. The number of hydrogen-bond donors (Lipinski definition) is 1. The van der Waals surface area contributed by atoms with Crippen molar-refractivity contribution in [2.75, 3.05) is 26.3 Å². The van der Waals surface area contributed by atoms with Gasteiger partial charge in [-0.05, 0) is 57.1 Å². The molecule has 2 aliphatic rings. The van der Waals surface area contributed by atoms with Crippen LogP contribution in [0, 0.1) is 13.8 Å². The highest BCUT2D eigenvalue weighted by Crippen LogP contribution is 2.38. The van der Waals surface area contributed by atoms with E-state index in [4.69, 9.17) is 14.7 Å². The summed E-state index contributed by atoms with van der Waals surface area (Å²) in [6.45, 7) is 8.21. The third-order valence-corrected chi connectivity index (χ3v) is 7.65. The Balaban J connectivity index is 1.36. The fraction of sp³-hybridized carbons (Fsp3) is 0.545. The van der Waals surface area contributed by atoms with Crippen molar-refractivity contribution in [2.24, 2.45) is 0 Å². The molecule has 3 aromatic heterocycles. The molecule has 0 radical (unpaired) electrons. The van der Waals surface area contributed by atoms with E-state index in [0.29, 0.717) is 5.92 Å². The molecule has 1 N–H and O–H groups in total. The van der Waals surface area contributed by atoms with Gasteiger partial charge in [-0.1, -0.05) is 0 Å². The van der Waals surface area contributed by atoms with Crippen LogP contribution in [-0.4, -0.2) is 52.2 Å². The van der Waals surface area contributed by atoms with Crippen LogP contribution in [0.5, 0.6) is 0 Å². The number of aromatic amines is 1. The summed E-state index contributed by atoms with van der Waals surface area (Å²) in [5.41, 5.74) is 4.66. The van der Waals surface area contributed by atoms with Crippen molar-refractivity contribution < 1.29 is 4.74 Å². The van der Waals surface area contributed by atoms with E-state index in [1.165, 1.54) is 47.1 Å². The number of thiazole rings is 1. The van der Waals surface area contributed by atoms with Gasteiger partial charge in [0.2, 0.25) is 0 Å². The monoisotopic (exact) mass is 396 g/mol. The lowest BCUT2D eigenvalue weighted by Gasteiger charge is -2.38. The van der Waals surface area contributed by atoms with Crippen molar-refractivity contribution >= 4 is 22.4 Å². The van der Waals surface area contributed by atoms with E-state index in [-0.39, 0.29) is 0 Å². The summed E-state index contributed by atoms with van der Waals surface area (Å²) in [6, 6.07) is 3.10. The van der Waals surface area contributed by atoms with Crippen LogP contribution >= 0.6 is 11.3 Å². The number of rotatable bonds is 3. The molecule has 6 heteroatoms. The Kier molecular flexibility index (Phi) is 4.95. The number of pyridine rings is 1. The number of aryl methyl sites for hydroxylation is 2. The van der Waals surface area contributed by atoms with Gasteiger partial charge in [-0.3, -0.25) is 4.90 Å². The maximum absolute atomic E-state index is 5.51. The molecule has 5 nitrogen and oxygen atoms in total. The average molecular weight is 397 g/mol. The molecule has 2 fully saturated rings. The Bertz CT molecular complexity index is 945. The van der Waals surface area contributed by atoms with E-state index >= 15 is 0 Å². The molecule has 28 heavy (non-hydrogen) atoms. The molecule has 0 atom stereocenters. The van der Waals surface area contributed by atoms with Crippen molar-refractivity contribution in [1.82, 2.24) is 19.9 Å². The minimum atomic E-state index is 0.622. The summed E-state index contributed by atoms with van der Waals surface area (Å²) in [5.74, 6) is 0.622. The van der Waals surface area contributed by atoms with E-state index in [1.54, 1.807) is 11.3 Å². The van der Waals surface area contributed by atoms with Gasteiger partial charge < -0.3 is 9.72 Å². The lowest BCUT2D eigenvalue weighted by atomic mass is 9.81. The van der Waals surface area contributed by atoms with E-state index in [2.05, 4.69) is 42.2 Å². The highest BCUT2D eigenvalue weighted by molar-refractivity contribution is 7.15. The van der Waals surface area contributed by atoms with Crippen LogP contribution in [0.15, 0.2) is 18.5 Å². The zero-order valence-corrected chi connectivity index (χ0v) is 17.5. The van der Waals surface area contributed by atoms with E-state index < -0.39 is 0 Å². The summed E-state index contributed by atoms with van der Waals surface area (Å²) >= 11 is 1.77. The molecule has 5 rings (SSSR count). The highest BCUT2D eigenvalue weighted by Gasteiger charge is 2.28. The number of hydrogen-bond acceptors (Lipinski definition) is 5. The van der Waals surface area contributed by atoms with Gasteiger partial charge in [-0.2, -0.15) is 0 Å². The second-order valence-electron chi connectivity index (χ2n) is 8.18. The molecular weight excluding hydrogens is 368 g/mol. The first-order valence-electron chi connectivity index (χ1n) is 10.4. The van der Waals surface area contributed by atoms with Gasteiger partial charge >= 0.3 is 0 Å². The van der Waals surface area contributed by atoms with Gasteiger partial charge in [0.1, 0.15) is 10.7 Å². The standard InChI is InChI=1S/C22H28N4OS/c1-14-15(2)28-22(25-14)20-13-24-21-19(20)11-17(12-23-21)16-3-5-18(6-4-16)26-7-9-27-10-8-26/h11-13,16,18H,3-10H2,1-2H3,(H,23,24)/t16-,18-. The number of morpholine rings is 1. The van der Waals surface area contributed by atoms with Crippen LogP contribution in [0.4, 0.5) is 0 Å². The predicted octanol–water partition coefficient (Wildman–Crippen LogP) is 4.66. The normalized spacial score (nSPS) is 24.1. The maximum Gasteiger partial charge on any atom is 0.137 e. The summed E-state index contributed by atoms with van der Waals surface area (Å²) in [7, 11) is 0. The number of nitrogens with one attached hydrogen (secondary N) is 1. The van der Waals surface area contributed by atoms with E-state index in [9.17, 15) is 0 Å². The first-order chi connectivity index (χ1) is 13.7. The van der Waals surface area contributed by atoms with Crippen LogP contribution in [0.2, 0.25) is 0 Å². The van der Waals surface area contributed by atoms with Crippen LogP contribution < -0.4 is 0 Å². The molecule has 1 saturated carbocycles. The Morgan fingerprint density at radius 3 is 2.64 bits per heavy atom. The molecule has 148 valence electrons. The molecular formula is C22H28N4OS. The third-order valence-electron chi connectivity index (χ3n) is 6.54. The largest absolute Gasteiger partial charge is 0.379 e. The van der Waals surface area contributed by atoms with Gasteiger partial charge in [0.05, 0.1) is 18.9 Å². The molecule has 1 aliphatic carbocycles. The van der Waals surface area contributed by atoms with E-state index in [1.807, 2.05) is 0 Å². The highest BCUT2D eigenvalue weighted by atomic mass is 32.1. The second kappa shape index (κ2) is 7.58. The van der Waals surface area contributed by atoms with Crippen molar-refractivity contribution in [3.05, 3.63) is 34.6 Å². The van der Waals surface area contributed by atoms with Crippen molar-refractivity contribution in [3.63, 3.8) is 0 Å². The molecule has 1 aliphatic heterocycles. The van der Waals surface area contributed by atoms with Crippen molar-refractivity contribution in [3.8, 4) is 10.6 Å². The zero-order chi connectivity index (χ0) is 19.1. The number of ether oxygens (including phenoxy) is 1. The van der Waals surface area contributed by atoms with Gasteiger partial charge in [-0.15, -0.1) is 11.3 Å². The molecule has 4 heterocycles. The molecule has 3 aromatic rings. The zero-order valence-electron chi connectivity index (χ0n) is 16.7. The Morgan fingerprint density at radius 2 is 1.93 bits per heavy atom. The van der Waals surface area contributed by atoms with Gasteiger partial charge in [-0.25, -0.2) is 9.97 Å². The van der Waals surface area contributed by atoms with Gasteiger partial charge in [0, 0.05) is 47.4 Å². The minimum Gasteiger partial charge on any atom is -0.379 e. The van der Waals surface area contributed by atoms with Crippen LogP contribution in [-0.2, 0) is 4.74 Å². The molecule has 0 amide bonds. The quantitative estimate of drug-likeness (QED) is 0.699. The summed E-state index contributed by atoms with van der Waals surface area (Å²) in [6.07, 6.45) is 9.23. The van der Waals surface area contributed by atoms with Gasteiger partial charge in [0.25, 0.3) is 0 Å². The Hall–Kier alpha value is -1.76. The lowest BCUT2D eigenvalue weighted by Crippen LogP contribution is -2.44. The molecule has 0 aromatic carbocycles. The maximum atomic E-state index is 5.51. The number of fused-ring (bicyclic) bond motifs is 1. The summed E-state index contributed by atoms with van der Waals surface area (Å²) < 4.78 is 5.51. The van der Waals surface area contributed by atoms with Crippen molar-refractivity contribution in [2.45, 2.75) is 51.5 Å². The fourth-order valence-corrected chi connectivity index (χ4v) is 5.67. The van der Waals surface area contributed by atoms with Crippen LogP contribution in [0.3, 0.4) is 0 Å². The predicted molar refractivity (Wildman–Crippen MR) is 114 cm³/mol. The molecule has 0 bridgehead atoms. The first kappa shape index (κ1) is 18.3. The summed E-state index contributed by atoms with van der Waals surface area (Å²) in [4.78, 5) is 16.8. The van der Waals surface area contributed by atoms with Crippen molar-refractivity contribution in [1.29, 1.82) is 0 Å². The Morgan fingerprint density at radius 1 is 1.14 bits per heavy atom. The lowest BCUT2D eigenvalue weighted by molar-refractivity contribution is 0.00729. The van der Waals surface area contributed by atoms with Crippen LogP contribution in [0.25, 0.3) is 21.6 Å². The SMILES string of the molecule is Cc1nc(-c2c[nH]c3ncc([C@H]4CC[C@H](N5CCOCC5)CC4)cc23)sc1C. The first-order valence-corrected chi connectivity index (χ1v) is 11.2. The third kappa shape index (κ3) is 3.38.